The molecule has 1 fully saturated rings. The van der Waals surface area contributed by atoms with Crippen LogP contribution in [0.3, 0.4) is 0 Å². The first-order chi connectivity index (χ1) is 10.5. The summed E-state index contributed by atoms with van der Waals surface area (Å²) >= 11 is 1.73. The molecule has 22 heavy (non-hydrogen) atoms. The molecule has 1 aliphatic rings. The van der Waals surface area contributed by atoms with Crippen molar-refractivity contribution in [3.05, 3.63) is 16.1 Å². The van der Waals surface area contributed by atoms with Crippen LogP contribution in [0.1, 0.15) is 55.8 Å². The molecule has 0 spiro atoms. The number of thiazole rings is 1. The molecular formula is C17H30N4S. The standard InChI is InChI=1S/C17H30N4S/c1-13(2)9-17(7-5-6-8-17)12-21-16(18-4)20-11-15-10-19-14(3)22-15/h10,13H,5-9,11-12H2,1-4H3,(H2,18,20,21). The van der Waals surface area contributed by atoms with Crippen LogP contribution >= 0.6 is 11.3 Å². The summed E-state index contributed by atoms with van der Waals surface area (Å²) in [6, 6.07) is 0. The summed E-state index contributed by atoms with van der Waals surface area (Å²) in [6.45, 7) is 8.53. The van der Waals surface area contributed by atoms with Crippen molar-refractivity contribution in [2.45, 2.75) is 59.4 Å². The van der Waals surface area contributed by atoms with Crippen LogP contribution in [0.25, 0.3) is 0 Å². The number of aliphatic imine (C=N–C) groups is 1. The van der Waals surface area contributed by atoms with E-state index in [1.54, 1.807) is 11.3 Å². The summed E-state index contributed by atoms with van der Waals surface area (Å²) in [5, 5.41) is 8.07. The van der Waals surface area contributed by atoms with Crippen LogP contribution in [-0.2, 0) is 6.54 Å². The first-order valence-corrected chi connectivity index (χ1v) is 9.20. The SMILES string of the molecule is CN=C(NCc1cnc(C)s1)NCC1(CC(C)C)CCCC1. The van der Waals surface area contributed by atoms with Crippen molar-refractivity contribution >= 4 is 17.3 Å². The van der Waals surface area contributed by atoms with Gasteiger partial charge in [0.2, 0.25) is 0 Å². The van der Waals surface area contributed by atoms with Crippen LogP contribution in [0.15, 0.2) is 11.2 Å². The highest BCUT2D eigenvalue weighted by molar-refractivity contribution is 7.11. The van der Waals surface area contributed by atoms with Crippen molar-refractivity contribution in [3.63, 3.8) is 0 Å². The monoisotopic (exact) mass is 322 g/mol. The Kier molecular flexibility index (Phi) is 6.24. The molecule has 0 unspecified atom stereocenters. The van der Waals surface area contributed by atoms with E-state index < -0.39 is 0 Å². The Bertz CT molecular complexity index is 487. The molecule has 2 N–H and O–H groups in total. The molecule has 1 heterocycles. The van der Waals surface area contributed by atoms with Gasteiger partial charge in [-0.1, -0.05) is 26.7 Å². The molecule has 1 saturated carbocycles. The summed E-state index contributed by atoms with van der Waals surface area (Å²) in [5.74, 6) is 1.66. The third-order valence-electron chi connectivity index (χ3n) is 4.46. The second kappa shape index (κ2) is 7.95. The molecule has 0 radical (unpaired) electrons. The zero-order valence-electron chi connectivity index (χ0n) is 14.4. The van der Waals surface area contributed by atoms with E-state index in [1.807, 2.05) is 20.2 Å². The lowest BCUT2D eigenvalue weighted by Gasteiger charge is -2.31. The van der Waals surface area contributed by atoms with E-state index in [4.69, 9.17) is 0 Å². The molecular weight excluding hydrogens is 292 g/mol. The Morgan fingerprint density at radius 3 is 2.64 bits per heavy atom. The largest absolute Gasteiger partial charge is 0.356 e. The van der Waals surface area contributed by atoms with Gasteiger partial charge in [0.1, 0.15) is 0 Å². The van der Waals surface area contributed by atoms with E-state index in [0.717, 1.165) is 30.0 Å². The van der Waals surface area contributed by atoms with E-state index in [-0.39, 0.29) is 0 Å². The summed E-state index contributed by atoms with van der Waals surface area (Å²) < 4.78 is 0. The van der Waals surface area contributed by atoms with Crippen LogP contribution < -0.4 is 10.6 Å². The molecule has 0 bridgehead atoms. The molecule has 1 aromatic rings. The van der Waals surface area contributed by atoms with Gasteiger partial charge in [0.15, 0.2) is 5.96 Å². The number of rotatable bonds is 6. The Balaban J connectivity index is 1.84. The summed E-state index contributed by atoms with van der Waals surface area (Å²) in [5.41, 5.74) is 0.465. The molecule has 124 valence electrons. The number of hydrogen-bond acceptors (Lipinski definition) is 3. The van der Waals surface area contributed by atoms with Crippen molar-refractivity contribution in [2.24, 2.45) is 16.3 Å². The zero-order chi connectivity index (χ0) is 16.0. The first-order valence-electron chi connectivity index (χ1n) is 8.39. The lowest BCUT2D eigenvalue weighted by Crippen LogP contribution is -2.43. The molecule has 2 rings (SSSR count). The predicted octanol–water partition coefficient (Wildman–Crippen LogP) is 3.72. The van der Waals surface area contributed by atoms with Gasteiger partial charge in [0.25, 0.3) is 0 Å². The molecule has 0 saturated heterocycles. The van der Waals surface area contributed by atoms with E-state index >= 15 is 0 Å². The van der Waals surface area contributed by atoms with Crippen LogP contribution in [0.2, 0.25) is 0 Å². The fourth-order valence-corrected chi connectivity index (χ4v) is 4.33. The smallest absolute Gasteiger partial charge is 0.191 e. The van der Waals surface area contributed by atoms with Gasteiger partial charge in [-0.25, -0.2) is 4.98 Å². The normalized spacial score (nSPS) is 18.0. The molecule has 0 amide bonds. The maximum absolute atomic E-state index is 4.36. The number of hydrogen-bond donors (Lipinski definition) is 2. The minimum atomic E-state index is 0.465. The lowest BCUT2D eigenvalue weighted by atomic mass is 9.78. The van der Waals surface area contributed by atoms with E-state index in [9.17, 15) is 0 Å². The Hall–Kier alpha value is -1.10. The maximum atomic E-state index is 4.36. The van der Waals surface area contributed by atoms with Gasteiger partial charge in [-0.2, -0.15) is 0 Å². The van der Waals surface area contributed by atoms with Crippen LogP contribution in [0.5, 0.6) is 0 Å². The van der Waals surface area contributed by atoms with Gasteiger partial charge >= 0.3 is 0 Å². The van der Waals surface area contributed by atoms with Gasteiger partial charge < -0.3 is 10.6 Å². The van der Waals surface area contributed by atoms with Crippen LogP contribution in [-0.4, -0.2) is 24.5 Å². The first kappa shape index (κ1) is 17.3. The highest BCUT2D eigenvalue weighted by Crippen LogP contribution is 2.42. The fourth-order valence-electron chi connectivity index (χ4n) is 3.59. The average Bonchev–Trinajstić information content (AvgIpc) is 3.08. The van der Waals surface area contributed by atoms with Gasteiger partial charge in [-0.3, -0.25) is 4.99 Å². The average molecular weight is 323 g/mol. The summed E-state index contributed by atoms with van der Waals surface area (Å²) in [6.07, 6.45) is 8.70. The maximum Gasteiger partial charge on any atom is 0.191 e. The molecule has 0 aliphatic heterocycles. The predicted molar refractivity (Wildman–Crippen MR) is 95.4 cm³/mol. The van der Waals surface area contributed by atoms with Gasteiger partial charge in [0.05, 0.1) is 11.6 Å². The number of nitrogens with zero attached hydrogens (tertiary/aromatic N) is 2. The quantitative estimate of drug-likeness (QED) is 0.620. The van der Waals surface area contributed by atoms with Crippen molar-refractivity contribution in [2.75, 3.05) is 13.6 Å². The topological polar surface area (TPSA) is 49.3 Å². The number of guanidine groups is 1. The van der Waals surface area contributed by atoms with Crippen LogP contribution in [0, 0.1) is 18.3 Å². The van der Waals surface area contributed by atoms with Crippen molar-refractivity contribution in [1.29, 1.82) is 0 Å². The third kappa shape index (κ3) is 4.97. The number of aromatic nitrogens is 1. The van der Waals surface area contributed by atoms with Crippen molar-refractivity contribution in [3.8, 4) is 0 Å². The highest BCUT2D eigenvalue weighted by atomic mass is 32.1. The summed E-state index contributed by atoms with van der Waals surface area (Å²) in [4.78, 5) is 9.90. The van der Waals surface area contributed by atoms with Gasteiger partial charge in [0, 0.05) is 24.7 Å². The van der Waals surface area contributed by atoms with E-state index in [2.05, 4.69) is 34.5 Å². The van der Waals surface area contributed by atoms with Crippen LogP contribution in [0.4, 0.5) is 0 Å². The van der Waals surface area contributed by atoms with E-state index in [0.29, 0.717) is 5.41 Å². The minimum Gasteiger partial charge on any atom is -0.356 e. The molecule has 5 heteroatoms. The number of nitrogens with one attached hydrogen (secondary N) is 2. The molecule has 0 atom stereocenters. The van der Waals surface area contributed by atoms with Gasteiger partial charge in [-0.05, 0) is 37.5 Å². The second-order valence-electron chi connectivity index (χ2n) is 6.93. The Morgan fingerprint density at radius 2 is 2.09 bits per heavy atom. The van der Waals surface area contributed by atoms with Crippen molar-refractivity contribution < 1.29 is 0 Å². The number of aryl methyl sites for hydroxylation is 1. The Morgan fingerprint density at radius 1 is 1.36 bits per heavy atom. The second-order valence-corrected chi connectivity index (χ2v) is 8.25. The molecule has 4 nitrogen and oxygen atoms in total. The molecule has 1 aromatic heterocycles. The third-order valence-corrected chi connectivity index (χ3v) is 5.37. The highest BCUT2D eigenvalue weighted by Gasteiger charge is 2.34. The molecule has 0 aromatic carbocycles. The lowest BCUT2D eigenvalue weighted by molar-refractivity contribution is 0.235. The zero-order valence-corrected chi connectivity index (χ0v) is 15.2. The van der Waals surface area contributed by atoms with Gasteiger partial charge in [-0.15, -0.1) is 11.3 Å². The molecule has 1 aliphatic carbocycles. The minimum absolute atomic E-state index is 0.465. The fraction of sp³-hybridized carbons (Fsp3) is 0.765. The summed E-state index contributed by atoms with van der Waals surface area (Å²) in [7, 11) is 1.84. The van der Waals surface area contributed by atoms with E-state index in [1.165, 1.54) is 37.0 Å². The Labute approximate surface area is 138 Å². The van der Waals surface area contributed by atoms with Crippen molar-refractivity contribution in [1.82, 2.24) is 15.6 Å².